The van der Waals surface area contributed by atoms with Gasteiger partial charge in [0.1, 0.15) is 11.3 Å². The second kappa shape index (κ2) is 14.0. The number of aliphatic hydroxyl groups is 1. The van der Waals surface area contributed by atoms with Crippen LogP contribution in [0.1, 0.15) is 81.6 Å². The van der Waals surface area contributed by atoms with Crippen molar-refractivity contribution in [3.05, 3.63) is 77.4 Å². The number of aliphatic hydroxyl groups excluding tert-OH is 1. The van der Waals surface area contributed by atoms with Crippen molar-refractivity contribution >= 4 is 34.9 Å². The minimum Gasteiger partial charge on any atom is -0.507 e. The number of benzene rings is 2. The fourth-order valence-electron chi connectivity index (χ4n) is 10.2. The molecule has 1 heterocycles. The first-order valence-electron chi connectivity index (χ1n) is 18.5. The molecule has 7 rings (SSSR count). The number of carboxylic acid groups (broad SMARTS) is 1. The Morgan fingerprint density at radius 2 is 1.89 bits per heavy atom. The van der Waals surface area contributed by atoms with E-state index in [0.717, 1.165) is 12.0 Å². The molecule has 3 N–H and O–H groups in total. The molecule has 5 aliphatic rings. The molecular weight excluding hydrogens is 680 g/mol. The summed E-state index contributed by atoms with van der Waals surface area (Å²) >= 11 is 0. The number of carbonyl (C=O) groups excluding carboxylic acids is 3. The number of nitrogens with zero attached hydrogens (tertiary/aromatic N) is 2. The average Bonchev–Trinajstić information content (AvgIpc) is 3.61. The maximum atomic E-state index is 14.5. The molecular formula is C41H46N2O10. The number of fused-ring (bicyclic) bond motifs is 7. The van der Waals surface area contributed by atoms with E-state index >= 15 is 0 Å². The summed E-state index contributed by atoms with van der Waals surface area (Å²) in [6.07, 6.45) is 7.43. The minimum absolute atomic E-state index is 0.00765. The van der Waals surface area contributed by atoms with Crippen molar-refractivity contribution in [2.24, 2.45) is 38.8 Å². The maximum Gasteiger partial charge on any atom is 0.339 e. The summed E-state index contributed by atoms with van der Waals surface area (Å²) in [6.45, 7) is 5.67. The Kier molecular flexibility index (Phi) is 9.75. The number of esters is 1. The van der Waals surface area contributed by atoms with Gasteiger partial charge < -0.3 is 29.5 Å². The van der Waals surface area contributed by atoms with E-state index in [9.17, 15) is 34.5 Å². The van der Waals surface area contributed by atoms with Crippen LogP contribution >= 0.6 is 0 Å². The molecule has 0 radical (unpaired) electrons. The first-order valence-corrected chi connectivity index (χ1v) is 18.5. The summed E-state index contributed by atoms with van der Waals surface area (Å²) < 4.78 is 18.8. The van der Waals surface area contributed by atoms with Crippen LogP contribution < -0.4 is 0 Å². The van der Waals surface area contributed by atoms with Crippen LogP contribution in [0.15, 0.2) is 76.5 Å². The fourth-order valence-corrected chi connectivity index (χ4v) is 10.2. The van der Waals surface area contributed by atoms with Crippen molar-refractivity contribution in [2.75, 3.05) is 6.61 Å². The largest absolute Gasteiger partial charge is 0.507 e. The Bertz CT molecular complexity index is 1920. The van der Waals surface area contributed by atoms with Crippen LogP contribution in [0.25, 0.3) is 0 Å². The summed E-state index contributed by atoms with van der Waals surface area (Å²) in [7, 11) is 0. The summed E-state index contributed by atoms with van der Waals surface area (Å²) in [5, 5.41) is 39.4. The van der Waals surface area contributed by atoms with Crippen LogP contribution in [0.3, 0.4) is 0 Å². The van der Waals surface area contributed by atoms with E-state index in [1.165, 1.54) is 18.2 Å². The predicted octanol–water partition coefficient (Wildman–Crippen LogP) is 6.72. The van der Waals surface area contributed by atoms with Crippen LogP contribution in [0, 0.1) is 28.6 Å². The molecule has 9 atom stereocenters. The fraction of sp³-hybridized carbons (Fsp3) is 0.512. The van der Waals surface area contributed by atoms with Gasteiger partial charge in [0.25, 0.3) is 0 Å². The summed E-state index contributed by atoms with van der Waals surface area (Å²) in [6, 6.07) is 10.9. The molecule has 2 saturated carbocycles. The monoisotopic (exact) mass is 726 g/mol. The number of Topliss-reactive ketones (excluding diaryl/α,β-unsaturated/α-hetero) is 1. The van der Waals surface area contributed by atoms with E-state index in [1.807, 2.05) is 19.9 Å². The van der Waals surface area contributed by atoms with Crippen molar-refractivity contribution in [1.29, 1.82) is 0 Å². The van der Waals surface area contributed by atoms with Crippen molar-refractivity contribution in [3.63, 3.8) is 0 Å². The van der Waals surface area contributed by atoms with Crippen molar-refractivity contribution in [3.8, 4) is 5.75 Å². The second-order valence-corrected chi connectivity index (χ2v) is 15.6. The predicted molar refractivity (Wildman–Crippen MR) is 191 cm³/mol. The molecule has 3 fully saturated rings. The average molecular weight is 727 g/mol. The lowest BCUT2D eigenvalue weighted by Gasteiger charge is -2.59. The van der Waals surface area contributed by atoms with Crippen LogP contribution in [0.5, 0.6) is 5.75 Å². The van der Waals surface area contributed by atoms with Gasteiger partial charge in [0, 0.05) is 29.6 Å². The topological polar surface area (TPSA) is 181 Å². The van der Waals surface area contributed by atoms with E-state index < -0.39 is 53.5 Å². The molecule has 0 aromatic heterocycles. The summed E-state index contributed by atoms with van der Waals surface area (Å²) in [5.74, 6) is -2.64. The van der Waals surface area contributed by atoms with E-state index in [2.05, 4.69) is 23.2 Å². The molecule has 4 aliphatic carbocycles. The maximum absolute atomic E-state index is 14.5. The van der Waals surface area contributed by atoms with Gasteiger partial charge in [0.15, 0.2) is 24.3 Å². The highest BCUT2D eigenvalue weighted by Gasteiger charge is 2.75. The number of hydrogen-bond acceptors (Lipinski definition) is 11. The van der Waals surface area contributed by atoms with Gasteiger partial charge in [-0.3, -0.25) is 14.4 Å². The number of carbonyl (C=O) groups is 4. The number of rotatable bonds is 11. The van der Waals surface area contributed by atoms with Crippen molar-refractivity contribution in [1.82, 2.24) is 0 Å². The molecule has 7 unspecified atom stereocenters. The van der Waals surface area contributed by atoms with Gasteiger partial charge in [-0.15, -0.1) is 0 Å². The number of allylic oxidation sites excluding steroid dienone is 4. The highest BCUT2D eigenvalue weighted by atomic mass is 16.7. The number of aromatic hydroxyl groups is 1. The smallest absolute Gasteiger partial charge is 0.339 e. The van der Waals surface area contributed by atoms with Crippen LogP contribution in [0.2, 0.25) is 0 Å². The van der Waals surface area contributed by atoms with Crippen LogP contribution in [0.4, 0.5) is 11.4 Å². The zero-order valence-electron chi connectivity index (χ0n) is 30.2. The Morgan fingerprint density at radius 1 is 1.09 bits per heavy atom. The molecule has 0 spiro atoms. The van der Waals surface area contributed by atoms with Gasteiger partial charge >= 0.3 is 11.9 Å². The summed E-state index contributed by atoms with van der Waals surface area (Å²) in [4.78, 5) is 51.3. The zero-order valence-corrected chi connectivity index (χ0v) is 30.2. The Balaban J connectivity index is 1.06. The van der Waals surface area contributed by atoms with Gasteiger partial charge in [-0.1, -0.05) is 63.1 Å². The van der Waals surface area contributed by atoms with Gasteiger partial charge in [-0.05, 0) is 79.8 Å². The Morgan fingerprint density at radius 3 is 2.66 bits per heavy atom. The number of aryl methyl sites for hydroxylation is 1. The van der Waals surface area contributed by atoms with Gasteiger partial charge in [-0.2, -0.15) is 10.2 Å². The quantitative estimate of drug-likeness (QED) is 0.128. The highest BCUT2D eigenvalue weighted by Crippen LogP contribution is 2.69. The van der Waals surface area contributed by atoms with E-state index in [-0.39, 0.29) is 59.2 Å². The zero-order chi connectivity index (χ0) is 37.7. The molecule has 53 heavy (non-hydrogen) atoms. The van der Waals surface area contributed by atoms with Gasteiger partial charge in [0.05, 0.1) is 23.6 Å². The van der Waals surface area contributed by atoms with E-state index in [1.54, 1.807) is 30.3 Å². The molecule has 0 amide bonds. The molecule has 0 bridgehead atoms. The molecule has 280 valence electrons. The first-order chi connectivity index (χ1) is 25.3. The molecule has 2 aromatic carbocycles. The van der Waals surface area contributed by atoms with Crippen LogP contribution in [-0.4, -0.2) is 69.5 Å². The summed E-state index contributed by atoms with van der Waals surface area (Å²) in [5.41, 5.74) is -0.486. The highest BCUT2D eigenvalue weighted by molar-refractivity contribution is 5.94. The van der Waals surface area contributed by atoms with E-state index in [0.29, 0.717) is 43.4 Å². The number of azo groups is 1. The van der Waals surface area contributed by atoms with Gasteiger partial charge in [-0.25, -0.2) is 4.79 Å². The van der Waals surface area contributed by atoms with Gasteiger partial charge in [0.2, 0.25) is 5.78 Å². The first kappa shape index (κ1) is 36.8. The molecule has 12 nitrogen and oxygen atoms in total. The van der Waals surface area contributed by atoms with Crippen molar-refractivity contribution < 1.29 is 48.7 Å². The lowest BCUT2D eigenvalue weighted by Crippen LogP contribution is -2.63. The minimum atomic E-state index is -1.39. The van der Waals surface area contributed by atoms with Crippen LogP contribution in [-0.2, 0) is 35.0 Å². The third kappa shape index (κ3) is 6.24. The second-order valence-electron chi connectivity index (χ2n) is 15.6. The lowest BCUT2D eigenvalue weighted by molar-refractivity contribution is -0.199. The van der Waals surface area contributed by atoms with E-state index in [4.69, 9.17) is 14.2 Å². The lowest BCUT2D eigenvalue weighted by atomic mass is 9.47. The number of aromatic carboxylic acids is 1. The third-order valence-electron chi connectivity index (χ3n) is 12.6. The third-order valence-corrected chi connectivity index (χ3v) is 12.6. The Labute approximate surface area is 307 Å². The number of ether oxygens (including phenoxy) is 3. The molecule has 12 heteroatoms. The number of hydrogen-bond donors (Lipinski definition) is 3. The molecule has 2 aromatic rings. The van der Waals surface area contributed by atoms with Crippen molar-refractivity contribution in [2.45, 2.75) is 96.2 Å². The number of ketones is 2. The number of phenols is 1. The Hall–Kier alpha value is -4.52. The molecule has 1 aliphatic heterocycles. The normalized spacial score (nSPS) is 34.2. The SMILES string of the molecule is CCCC1O[C@@H]2CC3C4CC=C5CC(=O)C=CC5(C)C4C(O)CC3(C)[C@]2(C(=O)COC(=O)CCc2ccccc2N=Nc2ccc(O)c(C(=O)O)c2)O1. The molecule has 1 saturated heterocycles. The standard InChI is InChI=1S/C41H46N2O10/c1-4-7-36-52-34-20-29-27-13-11-24-18-26(44)16-17-39(24,2)37(27)32(46)21-40(29,3)41(34,53-36)33(47)22-51-35(48)15-10-23-8-5-6-9-30(23)43-42-25-12-14-31(45)28(19-25)38(49)50/h5-6,8-9,11-12,14,16-17,19,27,29,32,34,36-37,45-46H,4,7,10,13,15,18,20-22H2,1-3H3,(H,49,50)/t27?,29?,32?,34-,36?,37?,39?,40?,41-/m1/s1. The number of carboxylic acids is 1.